The molecular weight excluding hydrogens is 372 g/mol. The third-order valence-corrected chi connectivity index (χ3v) is 4.34. The lowest BCUT2D eigenvalue weighted by atomic mass is 9.89. The van der Waals surface area contributed by atoms with Gasteiger partial charge in [0.25, 0.3) is 0 Å². The highest BCUT2D eigenvalue weighted by molar-refractivity contribution is 6.05. The first-order chi connectivity index (χ1) is 13.7. The Kier molecular flexibility index (Phi) is 5.64. The van der Waals surface area contributed by atoms with Crippen molar-refractivity contribution in [3.8, 4) is 11.5 Å². The van der Waals surface area contributed by atoms with Crippen molar-refractivity contribution in [1.29, 1.82) is 0 Å². The topological polar surface area (TPSA) is 75.0 Å². The molecule has 0 saturated carbocycles. The number of fused-ring (bicyclic) bond motifs is 1. The molecule has 29 heavy (non-hydrogen) atoms. The maximum atomic E-state index is 12.6. The van der Waals surface area contributed by atoms with Gasteiger partial charge >= 0.3 is 11.9 Å². The number of carbonyl (C=O) groups is 2. The molecule has 0 atom stereocenters. The summed E-state index contributed by atoms with van der Waals surface area (Å²) in [4.78, 5) is 25.1. The van der Waals surface area contributed by atoms with Gasteiger partial charge in [0.05, 0.1) is 19.3 Å². The standard InChI is InChI=1S/C23H24O6/c1-6-27-22(25)19-17-13-16(10-11-18(17)29-20(19)23(2,3)4)28-21(24)14-8-7-9-15(12-14)26-5/h7-13H,6H2,1-5H3. The number of hydrogen-bond acceptors (Lipinski definition) is 6. The number of hydrogen-bond donors (Lipinski definition) is 0. The van der Waals surface area contributed by atoms with E-state index in [9.17, 15) is 9.59 Å². The maximum Gasteiger partial charge on any atom is 0.343 e. The minimum absolute atomic E-state index is 0.250. The first kappa shape index (κ1) is 20.5. The van der Waals surface area contributed by atoms with Crippen molar-refractivity contribution in [1.82, 2.24) is 0 Å². The smallest absolute Gasteiger partial charge is 0.343 e. The van der Waals surface area contributed by atoms with Gasteiger partial charge in [-0.1, -0.05) is 26.8 Å². The van der Waals surface area contributed by atoms with Gasteiger partial charge in [0.2, 0.25) is 0 Å². The van der Waals surface area contributed by atoms with Crippen molar-refractivity contribution < 1.29 is 28.2 Å². The van der Waals surface area contributed by atoms with Gasteiger partial charge in [-0.25, -0.2) is 9.59 Å². The molecule has 0 fully saturated rings. The van der Waals surface area contributed by atoms with Crippen molar-refractivity contribution in [3.63, 3.8) is 0 Å². The van der Waals surface area contributed by atoms with Gasteiger partial charge in [0, 0.05) is 10.8 Å². The second-order valence-corrected chi connectivity index (χ2v) is 7.56. The summed E-state index contributed by atoms with van der Waals surface area (Å²) in [6.07, 6.45) is 0. The molecule has 0 saturated heterocycles. The molecule has 3 aromatic rings. The Bertz CT molecular complexity index is 1050. The van der Waals surface area contributed by atoms with Gasteiger partial charge in [0.1, 0.15) is 28.4 Å². The normalized spacial score (nSPS) is 11.3. The van der Waals surface area contributed by atoms with Crippen LogP contribution in [0.4, 0.5) is 0 Å². The van der Waals surface area contributed by atoms with Crippen LogP contribution in [0, 0.1) is 0 Å². The molecule has 3 rings (SSSR count). The van der Waals surface area contributed by atoms with Crippen molar-refractivity contribution in [2.45, 2.75) is 33.1 Å². The van der Waals surface area contributed by atoms with E-state index in [2.05, 4.69) is 0 Å². The molecule has 1 heterocycles. The van der Waals surface area contributed by atoms with Crippen LogP contribution in [0.5, 0.6) is 11.5 Å². The van der Waals surface area contributed by atoms with E-state index >= 15 is 0 Å². The highest BCUT2D eigenvalue weighted by atomic mass is 16.5. The van der Waals surface area contributed by atoms with Crippen LogP contribution in [0.25, 0.3) is 11.0 Å². The quantitative estimate of drug-likeness (QED) is 0.439. The fourth-order valence-corrected chi connectivity index (χ4v) is 2.99. The zero-order valence-corrected chi connectivity index (χ0v) is 17.2. The van der Waals surface area contributed by atoms with E-state index in [1.54, 1.807) is 49.4 Å². The van der Waals surface area contributed by atoms with Crippen LogP contribution in [-0.2, 0) is 10.2 Å². The number of methoxy groups -OCH3 is 1. The van der Waals surface area contributed by atoms with Gasteiger partial charge in [-0.05, 0) is 43.3 Å². The highest BCUT2D eigenvalue weighted by Gasteiger charge is 2.30. The average Bonchev–Trinajstić information content (AvgIpc) is 3.07. The lowest BCUT2D eigenvalue weighted by Crippen LogP contribution is -2.16. The zero-order chi connectivity index (χ0) is 21.2. The molecule has 6 heteroatoms. The second-order valence-electron chi connectivity index (χ2n) is 7.56. The molecule has 0 amide bonds. The molecule has 1 aromatic heterocycles. The average molecular weight is 396 g/mol. The maximum absolute atomic E-state index is 12.6. The van der Waals surface area contributed by atoms with E-state index in [4.69, 9.17) is 18.6 Å². The van der Waals surface area contributed by atoms with Crippen LogP contribution in [0.2, 0.25) is 0 Å². The van der Waals surface area contributed by atoms with Crippen LogP contribution in [0.15, 0.2) is 46.9 Å². The Balaban J connectivity index is 2.01. The van der Waals surface area contributed by atoms with Gasteiger partial charge in [0.15, 0.2) is 0 Å². The zero-order valence-electron chi connectivity index (χ0n) is 17.2. The third kappa shape index (κ3) is 4.26. The van der Waals surface area contributed by atoms with Crippen LogP contribution < -0.4 is 9.47 Å². The monoisotopic (exact) mass is 396 g/mol. The van der Waals surface area contributed by atoms with Crippen molar-refractivity contribution in [2.24, 2.45) is 0 Å². The molecule has 6 nitrogen and oxygen atoms in total. The molecule has 0 unspecified atom stereocenters. The molecular formula is C23H24O6. The fraction of sp³-hybridized carbons (Fsp3) is 0.304. The third-order valence-electron chi connectivity index (χ3n) is 4.34. The number of benzene rings is 2. The van der Waals surface area contributed by atoms with Crippen molar-refractivity contribution in [2.75, 3.05) is 13.7 Å². The van der Waals surface area contributed by atoms with Crippen LogP contribution in [0.1, 0.15) is 54.2 Å². The van der Waals surface area contributed by atoms with E-state index in [1.807, 2.05) is 20.8 Å². The summed E-state index contributed by atoms with van der Waals surface area (Å²) in [5, 5.41) is 0.546. The molecule has 0 aliphatic rings. The van der Waals surface area contributed by atoms with Gasteiger partial charge < -0.3 is 18.6 Å². The molecule has 152 valence electrons. The lowest BCUT2D eigenvalue weighted by molar-refractivity contribution is 0.0523. The first-order valence-electron chi connectivity index (χ1n) is 9.35. The van der Waals surface area contributed by atoms with Crippen molar-refractivity contribution >= 4 is 22.9 Å². The second kappa shape index (κ2) is 7.99. The summed E-state index contributed by atoms with van der Waals surface area (Å²) in [6.45, 7) is 7.86. The Morgan fingerprint density at radius 2 is 1.76 bits per heavy atom. The molecule has 0 radical (unpaired) electrons. The molecule has 2 aromatic carbocycles. The largest absolute Gasteiger partial charge is 0.497 e. The summed E-state index contributed by atoms with van der Waals surface area (Å²) >= 11 is 0. The van der Waals surface area contributed by atoms with E-state index in [-0.39, 0.29) is 6.61 Å². The van der Waals surface area contributed by atoms with E-state index in [1.165, 1.54) is 7.11 Å². The minimum Gasteiger partial charge on any atom is -0.497 e. The van der Waals surface area contributed by atoms with Gasteiger partial charge in [-0.2, -0.15) is 0 Å². The van der Waals surface area contributed by atoms with E-state index in [0.29, 0.717) is 39.4 Å². The van der Waals surface area contributed by atoms with Crippen LogP contribution in [0.3, 0.4) is 0 Å². The summed E-state index contributed by atoms with van der Waals surface area (Å²) in [5.41, 5.74) is 0.837. The Morgan fingerprint density at radius 1 is 1.00 bits per heavy atom. The predicted octanol–water partition coefficient (Wildman–Crippen LogP) is 5.13. The summed E-state index contributed by atoms with van der Waals surface area (Å²) < 4.78 is 21.8. The molecule has 0 bridgehead atoms. The summed E-state index contributed by atoms with van der Waals surface area (Å²) in [5.74, 6) is 0.399. The number of ether oxygens (including phenoxy) is 3. The molecule has 0 N–H and O–H groups in total. The summed E-state index contributed by atoms with van der Waals surface area (Å²) in [6, 6.07) is 11.6. The predicted molar refractivity (Wildman–Crippen MR) is 109 cm³/mol. The van der Waals surface area contributed by atoms with Crippen LogP contribution >= 0.6 is 0 Å². The molecule has 0 aliphatic heterocycles. The van der Waals surface area contributed by atoms with Gasteiger partial charge in [-0.15, -0.1) is 0 Å². The SMILES string of the molecule is CCOC(=O)c1c(C(C)(C)C)oc2ccc(OC(=O)c3cccc(OC)c3)cc12. The van der Waals surface area contributed by atoms with Gasteiger partial charge in [-0.3, -0.25) is 0 Å². The van der Waals surface area contributed by atoms with E-state index < -0.39 is 17.4 Å². The lowest BCUT2D eigenvalue weighted by Gasteiger charge is -2.16. The molecule has 0 aliphatic carbocycles. The van der Waals surface area contributed by atoms with E-state index in [0.717, 1.165) is 0 Å². The Morgan fingerprint density at radius 3 is 2.41 bits per heavy atom. The number of furan rings is 1. The Labute approximate surface area is 169 Å². The minimum atomic E-state index is -0.527. The highest BCUT2D eigenvalue weighted by Crippen LogP contribution is 2.36. The first-order valence-corrected chi connectivity index (χ1v) is 9.35. The number of carbonyl (C=O) groups excluding carboxylic acids is 2. The number of rotatable bonds is 5. The van der Waals surface area contributed by atoms with Crippen molar-refractivity contribution in [3.05, 3.63) is 59.4 Å². The van der Waals surface area contributed by atoms with Crippen LogP contribution in [-0.4, -0.2) is 25.7 Å². The number of esters is 2. The fourth-order valence-electron chi connectivity index (χ4n) is 2.99. The Hall–Kier alpha value is -3.28. The molecule has 0 spiro atoms. The summed E-state index contributed by atoms with van der Waals surface area (Å²) in [7, 11) is 1.53.